The summed E-state index contributed by atoms with van der Waals surface area (Å²) in [7, 11) is 2.16. The second-order valence-corrected chi connectivity index (χ2v) is 9.14. The van der Waals surface area contributed by atoms with Crippen molar-refractivity contribution in [3.63, 3.8) is 0 Å². The van der Waals surface area contributed by atoms with Crippen LogP contribution in [0.2, 0.25) is 0 Å². The Morgan fingerprint density at radius 1 is 1.13 bits per heavy atom. The molecule has 0 unspecified atom stereocenters. The number of carbonyl (C=O) groups is 1. The van der Waals surface area contributed by atoms with Gasteiger partial charge in [0.25, 0.3) is 11.5 Å². The molecule has 0 radical (unpaired) electrons. The van der Waals surface area contributed by atoms with Crippen LogP contribution in [-0.2, 0) is 13.0 Å². The van der Waals surface area contributed by atoms with Gasteiger partial charge >= 0.3 is 0 Å². The highest BCUT2D eigenvalue weighted by Gasteiger charge is 2.27. The maximum Gasteiger partial charge on any atom is 0.256 e. The molecule has 1 saturated carbocycles. The first-order valence-electron chi connectivity index (χ1n) is 11.7. The number of piperazine rings is 1. The average molecular weight is 417 g/mol. The minimum atomic E-state index is -0.0928. The van der Waals surface area contributed by atoms with Crippen molar-refractivity contribution in [1.29, 1.82) is 0 Å². The van der Waals surface area contributed by atoms with Crippen LogP contribution < -0.4 is 15.6 Å². The van der Waals surface area contributed by atoms with Gasteiger partial charge in [0.2, 0.25) is 0 Å². The van der Waals surface area contributed by atoms with Crippen LogP contribution >= 0.6 is 0 Å². The number of ether oxygens (including phenoxy) is 1. The quantitative estimate of drug-likeness (QED) is 0.654. The number of pyridine rings is 1. The molecule has 1 aromatic rings. The van der Waals surface area contributed by atoms with Gasteiger partial charge in [-0.1, -0.05) is 6.42 Å². The number of aromatic nitrogens is 1. The van der Waals surface area contributed by atoms with E-state index in [1.165, 1.54) is 18.9 Å². The summed E-state index contributed by atoms with van der Waals surface area (Å²) in [5.41, 5.74) is 1.42. The SMILES string of the molecule is CN1CCN(CCCNC(=O)c2c(OCC3CC3)cc(=O)n3c2CCCCC3)CC1. The van der Waals surface area contributed by atoms with Crippen LogP contribution in [0.4, 0.5) is 0 Å². The fourth-order valence-corrected chi connectivity index (χ4v) is 4.43. The second kappa shape index (κ2) is 9.96. The number of likely N-dealkylation sites (N-methyl/N-ethyl adjacent to an activating group) is 1. The highest BCUT2D eigenvalue weighted by molar-refractivity contribution is 5.98. The van der Waals surface area contributed by atoms with Gasteiger partial charge in [0.15, 0.2) is 0 Å². The summed E-state index contributed by atoms with van der Waals surface area (Å²) in [6, 6.07) is 1.54. The Bertz CT molecular complexity index is 794. The molecule has 166 valence electrons. The average Bonchev–Trinajstić information content (AvgIpc) is 3.58. The Balaban J connectivity index is 1.42. The summed E-state index contributed by atoms with van der Waals surface area (Å²) < 4.78 is 7.80. The molecule has 1 aliphatic carbocycles. The van der Waals surface area contributed by atoms with Gasteiger partial charge in [0.1, 0.15) is 11.3 Å². The van der Waals surface area contributed by atoms with E-state index < -0.39 is 0 Å². The molecule has 0 bridgehead atoms. The Morgan fingerprint density at radius 3 is 2.70 bits per heavy atom. The molecule has 1 aromatic heterocycles. The number of rotatable bonds is 8. The fraction of sp³-hybridized carbons (Fsp3) is 0.739. The largest absolute Gasteiger partial charge is 0.492 e. The smallest absolute Gasteiger partial charge is 0.256 e. The van der Waals surface area contributed by atoms with Gasteiger partial charge in [-0.25, -0.2) is 0 Å². The van der Waals surface area contributed by atoms with Crippen LogP contribution in [0.25, 0.3) is 0 Å². The van der Waals surface area contributed by atoms with Gasteiger partial charge in [-0.2, -0.15) is 0 Å². The first-order chi connectivity index (χ1) is 14.6. The van der Waals surface area contributed by atoms with Crippen molar-refractivity contribution in [2.75, 3.05) is 52.9 Å². The van der Waals surface area contributed by atoms with Crippen LogP contribution in [0.15, 0.2) is 10.9 Å². The van der Waals surface area contributed by atoms with Crippen LogP contribution in [0.3, 0.4) is 0 Å². The zero-order valence-corrected chi connectivity index (χ0v) is 18.3. The molecule has 1 saturated heterocycles. The van der Waals surface area contributed by atoms with E-state index in [2.05, 4.69) is 22.2 Å². The van der Waals surface area contributed by atoms with Gasteiger partial charge in [-0.05, 0) is 58.0 Å². The molecule has 0 spiro atoms. The molecule has 4 rings (SSSR count). The molecule has 0 aromatic carbocycles. The van der Waals surface area contributed by atoms with Crippen LogP contribution in [0.5, 0.6) is 5.75 Å². The lowest BCUT2D eigenvalue weighted by Gasteiger charge is -2.32. The van der Waals surface area contributed by atoms with E-state index in [4.69, 9.17) is 4.74 Å². The Hall–Kier alpha value is -1.86. The summed E-state index contributed by atoms with van der Waals surface area (Å²) in [5, 5.41) is 3.11. The number of fused-ring (bicyclic) bond motifs is 1. The highest BCUT2D eigenvalue weighted by atomic mass is 16.5. The monoisotopic (exact) mass is 416 g/mol. The first-order valence-corrected chi connectivity index (χ1v) is 11.7. The number of hydrogen-bond acceptors (Lipinski definition) is 5. The molecule has 7 nitrogen and oxygen atoms in total. The van der Waals surface area contributed by atoms with Crippen molar-refractivity contribution in [2.24, 2.45) is 5.92 Å². The van der Waals surface area contributed by atoms with Crippen molar-refractivity contribution < 1.29 is 9.53 Å². The van der Waals surface area contributed by atoms with E-state index >= 15 is 0 Å². The van der Waals surface area contributed by atoms with Gasteiger partial charge in [-0.15, -0.1) is 0 Å². The summed E-state index contributed by atoms with van der Waals surface area (Å²) >= 11 is 0. The van der Waals surface area contributed by atoms with Crippen LogP contribution in [0, 0.1) is 5.92 Å². The molecular formula is C23H36N4O3. The Kier molecular flexibility index (Phi) is 7.10. The summed E-state index contributed by atoms with van der Waals surface area (Å²) in [6.07, 6.45) is 7.14. The van der Waals surface area contributed by atoms with Crippen molar-refractivity contribution in [3.05, 3.63) is 27.7 Å². The predicted molar refractivity (Wildman–Crippen MR) is 117 cm³/mol. The zero-order valence-electron chi connectivity index (χ0n) is 18.3. The topological polar surface area (TPSA) is 66.8 Å². The number of amides is 1. The van der Waals surface area contributed by atoms with E-state index in [1.807, 2.05) is 0 Å². The number of carbonyl (C=O) groups excluding carboxylic acids is 1. The van der Waals surface area contributed by atoms with E-state index in [1.54, 1.807) is 4.57 Å². The number of nitrogens with one attached hydrogen (secondary N) is 1. The Labute approximate surface area is 179 Å². The highest BCUT2D eigenvalue weighted by Crippen LogP contribution is 2.31. The third kappa shape index (κ3) is 5.43. The summed E-state index contributed by atoms with van der Waals surface area (Å²) in [4.78, 5) is 30.7. The third-order valence-corrected chi connectivity index (χ3v) is 6.61. The lowest BCUT2D eigenvalue weighted by molar-refractivity contribution is 0.0942. The minimum Gasteiger partial charge on any atom is -0.492 e. The first kappa shape index (κ1) is 21.4. The molecule has 0 atom stereocenters. The van der Waals surface area contributed by atoms with Crippen molar-refractivity contribution in [3.8, 4) is 5.75 Å². The standard InChI is InChI=1S/C23H36N4O3/c1-25-12-14-26(15-13-25)10-5-9-24-23(29)22-19-6-3-2-4-11-27(19)21(28)16-20(22)30-17-18-7-8-18/h16,18H,2-15,17H2,1H3,(H,24,29). The van der Waals surface area contributed by atoms with E-state index in [0.29, 0.717) is 36.9 Å². The normalized spacial score (nSPS) is 20.4. The summed E-state index contributed by atoms with van der Waals surface area (Å²) in [6.45, 7) is 7.36. The van der Waals surface area contributed by atoms with Crippen molar-refractivity contribution in [2.45, 2.75) is 51.5 Å². The van der Waals surface area contributed by atoms with E-state index in [0.717, 1.165) is 70.5 Å². The molecule has 30 heavy (non-hydrogen) atoms. The van der Waals surface area contributed by atoms with Crippen LogP contribution in [0.1, 0.15) is 54.6 Å². The molecule has 7 heteroatoms. The van der Waals surface area contributed by atoms with Crippen molar-refractivity contribution in [1.82, 2.24) is 19.7 Å². The van der Waals surface area contributed by atoms with Crippen molar-refractivity contribution >= 4 is 5.91 Å². The lowest BCUT2D eigenvalue weighted by atomic mass is 10.1. The number of hydrogen-bond donors (Lipinski definition) is 1. The van der Waals surface area contributed by atoms with Gasteiger partial charge in [0.05, 0.1) is 6.61 Å². The number of nitrogens with zero attached hydrogens (tertiary/aromatic N) is 3. The van der Waals surface area contributed by atoms with Gasteiger partial charge in [-0.3, -0.25) is 9.59 Å². The molecule has 1 amide bonds. The van der Waals surface area contributed by atoms with E-state index in [9.17, 15) is 9.59 Å². The molecule has 3 heterocycles. The molecule has 1 N–H and O–H groups in total. The zero-order chi connectivity index (χ0) is 20.9. The Morgan fingerprint density at radius 2 is 1.93 bits per heavy atom. The third-order valence-electron chi connectivity index (χ3n) is 6.61. The van der Waals surface area contributed by atoms with E-state index in [-0.39, 0.29) is 11.5 Å². The van der Waals surface area contributed by atoms with Gasteiger partial charge < -0.3 is 24.4 Å². The summed E-state index contributed by atoms with van der Waals surface area (Å²) in [5.74, 6) is 0.965. The molecular weight excluding hydrogens is 380 g/mol. The maximum atomic E-state index is 13.2. The second-order valence-electron chi connectivity index (χ2n) is 9.14. The predicted octanol–water partition coefficient (Wildman–Crippen LogP) is 1.73. The lowest BCUT2D eigenvalue weighted by Crippen LogP contribution is -2.45. The minimum absolute atomic E-state index is 0.0377. The van der Waals surface area contributed by atoms with Gasteiger partial charge in [0, 0.05) is 51.0 Å². The fourth-order valence-electron chi connectivity index (χ4n) is 4.43. The molecule has 2 fully saturated rings. The van der Waals surface area contributed by atoms with Crippen LogP contribution in [-0.4, -0.2) is 73.2 Å². The molecule has 2 aliphatic heterocycles. The maximum absolute atomic E-state index is 13.2. The molecule has 3 aliphatic rings.